The van der Waals surface area contributed by atoms with E-state index in [4.69, 9.17) is 17.0 Å². The van der Waals surface area contributed by atoms with Crippen LogP contribution < -0.4 is 19.9 Å². The average molecular weight is 531 g/mol. The Labute approximate surface area is 218 Å². The van der Waals surface area contributed by atoms with Crippen LogP contribution in [0.5, 0.6) is 5.75 Å². The highest BCUT2D eigenvalue weighted by Crippen LogP contribution is 2.48. The summed E-state index contributed by atoms with van der Waals surface area (Å²) in [5.74, 6) is 0.390. The predicted octanol–water partition coefficient (Wildman–Crippen LogP) is 4.99. The zero-order chi connectivity index (χ0) is 26.2. The number of alkyl halides is 3. The first kappa shape index (κ1) is 25.4. The number of halogens is 3. The van der Waals surface area contributed by atoms with Gasteiger partial charge in [-0.25, -0.2) is 4.98 Å². The normalized spacial score (nSPS) is 21.4. The molecule has 1 aromatic carbocycles. The number of pyridine rings is 1. The lowest BCUT2D eigenvalue weighted by atomic mass is 9.75. The second-order valence-electron chi connectivity index (χ2n) is 9.48. The number of carbonyl (C=O) groups is 1. The van der Waals surface area contributed by atoms with Crippen molar-refractivity contribution in [2.24, 2.45) is 0 Å². The number of amides is 1. The molecule has 1 atom stereocenters. The minimum atomic E-state index is -4.70. The maximum atomic E-state index is 13.7. The van der Waals surface area contributed by atoms with Crippen LogP contribution in [0, 0.1) is 6.07 Å². The quantitative estimate of drug-likeness (QED) is 0.562. The summed E-state index contributed by atoms with van der Waals surface area (Å²) in [7, 11) is 1.32. The Kier molecular flexibility index (Phi) is 6.81. The highest BCUT2D eigenvalue weighted by Gasteiger charge is 2.59. The zero-order valence-electron chi connectivity index (χ0n) is 20.3. The molecule has 1 saturated carbocycles. The van der Waals surface area contributed by atoms with Crippen LogP contribution in [0.15, 0.2) is 36.5 Å². The summed E-state index contributed by atoms with van der Waals surface area (Å²) < 4.78 is 47.4. The molecule has 1 aliphatic carbocycles. The van der Waals surface area contributed by atoms with Crippen molar-refractivity contribution >= 4 is 34.6 Å². The standard InChI is InChI=1S/C26H27F3N5O2S/c1-30-16-22-21(26(27,28)29)14-18(15-32-22)33-23(35)25(10-3-11-25)34(24(33)37)17-5-7-20(8-6-17)36-19-4-2-12-31-13-9-19/h5-8,14-15,19,31H,2-4,9-13H2,1H3/q+1. The van der Waals surface area contributed by atoms with E-state index in [1.807, 2.05) is 24.3 Å². The summed E-state index contributed by atoms with van der Waals surface area (Å²) in [4.78, 5) is 24.0. The first-order valence-electron chi connectivity index (χ1n) is 12.3. The Morgan fingerprint density at radius 1 is 1.16 bits per heavy atom. The first-order valence-corrected chi connectivity index (χ1v) is 12.7. The van der Waals surface area contributed by atoms with E-state index in [1.54, 1.807) is 4.90 Å². The average Bonchev–Trinajstić information content (AvgIpc) is 2.97. The Balaban J connectivity index is 1.45. The molecule has 11 heteroatoms. The van der Waals surface area contributed by atoms with Gasteiger partial charge >= 0.3 is 12.2 Å². The van der Waals surface area contributed by atoms with Crippen molar-refractivity contribution in [2.45, 2.75) is 56.3 Å². The van der Waals surface area contributed by atoms with E-state index in [-0.39, 0.29) is 22.8 Å². The molecule has 2 aliphatic heterocycles. The number of aromatic nitrogens is 1. The monoisotopic (exact) mass is 530 g/mol. The van der Waals surface area contributed by atoms with Gasteiger partial charge in [0.2, 0.25) is 5.69 Å². The van der Waals surface area contributed by atoms with Crippen molar-refractivity contribution in [1.82, 2.24) is 10.3 Å². The Hall–Kier alpha value is -3.23. The molecule has 1 unspecified atom stereocenters. The number of thiocarbonyl (C=S) groups is 1. The number of ether oxygens (including phenoxy) is 1. The van der Waals surface area contributed by atoms with Gasteiger partial charge < -0.3 is 15.0 Å². The van der Waals surface area contributed by atoms with Crippen LogP contribution in [0.4, 0.5) is 24.5 Å². The third-order valence-corrected chi connectivity index (χ3v) is 7.53. The minimum absolute atomic E-state index is 0.0281. The van der Waals surface area contributed by atoms with Crippen LogP contribution in [0.25, 0.3) is 4.85 Å². The fourth-order valence-corrected chi connectivity index (χ4v) is 5.63. The molecule has 3 heterocycles. The predicted molar refractivity (Wildman–Crippen MR) is 138 cm³/mol. The van der Waals surface area contributed by atoms with E-state index < -0.39 is 23.0 Å². The molecule has 3 fully saturated rings. The van der Waals surface area contributed by atoms with E-state index in [0.717, 1.165) is 50.6 Å². The van der Waals surface area contributed by atoms with E-state index in [9.17, 15) is 18.0 Å². The Bertz CT molecular complexity index is 1260. The number of hydrogen-bond acceptors (Lipinski definition) is 5. The van der Waals surface area contributed by atoms with E-state index in [2.05, 4.69) is 21.2 Å². The van der Waals surface area contributed by atoms with Crippen LogP contribution in [0.3, 0.4) is 0 Å². The fourth-order valence-electron chi connectivity index (χ4n) is 5.17. The highest BCUT2D eigenvalue weighted by atomic mass is 32.1. The molecule has 3 aliphatic rings. The van der Waals surface area contributed by atoms with Crippen molar-refractivity contribution in [1.29, 1.82) is 0 Å². The number of nitrogens with zero attached hydrogens (tertiary/aromatic N) is 4. The molecule has 5 rings (SSSR count). The van der Waals surface area contributed by atoms with Crippen LogP contribution in [0.1, 0.15) is 49.8 Å². The number of rotatable bonds is 4. The van der Waals surface area contributed by atoms with Crippen LogP contribution in [-0.4, -0.2) is 47.8 Å². The lowest BCUT2D eigenvalue weighted by Crippen LogP contribution is -2.55. The third-order valence-electron chi connectivity index (χ3n) is 7.17. The zero-order valence-corrected chi connectivity index (χ0v) is 21.2. The highest BCUT2D eigenvalue weighted by molar-refractivity contribution is 7.81. The second-order valence-corrected chi connectivity index (χ2v) is 9.85. The summed E-state index contributed by atoms with van der Waals surface area (Å²) >= 11 is 5.70. The lowest BCUT2D eigenvalue weighted by molar-refractivity contribution is -0.138. The van der Waals surface area contributed by atoms with Crippen molar-refractivity contribution in [3.63, 3.8) is 0 Å². The maximum Gasteiger partial charge on any atom is 0.419 e. The van der Waals surface area contributed by atoms with Crippen molar-refractivity contribution in [3.8, 4) is 11.8 Å². The number of hydrogen-bond donors (Lipinski definition) is 1. The van der Waals surface area contributed by atoms with E-state index >= 15 is 0 Å². The Morgan fingerprint density at radius 2 is 1.92 bits per heavy atom. The summed E-state index contributed by atoms with van der Waals surface area (Å²) in [5.41, 5.74) is -1.71. The van der Waals surface area contributed by atoms with Gasteiger partial charge in [-0.15, -0.1) is 0 Å². The van der Waals surface area contributed by atoms with Gasteiger partial charge in [0.1, 0.15) is 11.3 Å². The lowest BCUT2D eigenvalue weighted by Gasteiger charge is -2.43. The molecular formula is C26H27F3N5O2S+. The van der Waals surface area contributed by atoms with Gasteiger partial charge in [0.25, 0.3) is 13.0 Å². The third kappa shape index (κ3) is 4.64. The van der Waals surface area contributed by atoms with Crippen molar-refractivity contribution < 1.29 is 22.7 Å². The molecule has 7 nitrogen and oxygen atoms in total. The van der Waals surface area contributed by atoms with E-state index in [0.29, 0.717) is 18.5 Å². The molecule has 2 aromatic rings. The second kappa shape index (κ2) is 9.91. The van der Waals surface area contributed by atoms with Crippen LogP contribution in [-0.2, 0) is 11.0 Å². The van der Waals surface area contributed by atoms with Gasteiger partial charge in [-0.3, -0.25) is 9.69 Å². The molecule has 194 valence electrons. The molecule has 37 heavy (non-hydrogen) atoms. The summed E-state index contributed by atoms with van der Waals surface area (Å²) in [6.45, 7) is 1.91. The van der Waals surface area contributed by atoms with Crippen molar-refractivity contribution in [2.75, 3.05) is 29.9 Å². The molecule has 1 amide bonds. The number of nitrogens with one attached hydrogen (secondary N) is 1. The van der Waals surface area contributed by atoms with Crippen LogP contribution >= 0.6 is 12.2 Å². The molecule has 0 bridgehead atoms. The smallest absolute Gasteiger partial charge is 0.419 e. The topological polar surface area (TPSA) is 62.1 Å². The number of benzene rings is 1. The summed E-state index contributed by atoms with van der Waals surface area (Å²) in [5, 5.41) is 3.49. The molecule has 2 saturated heterocycles. The number of anilines is 2. The molecule has 1 N–H and O–H groups in total. The molecular weight excluding hydrogens is 503 g/mol. The van der Waals surface area contributed by atoms with Gasteiger partial charge in [-0.05, 0) is 94.2 Å². The molecule has 1 aromatic heterocycles. The number of carbonyl (C=O) groups excluding carboxylic acids is 1. The summed E-state index contributed by atoms with van der Waals surface area (Å²) in [6, 6.07) is 10.6. The van der Waals surface area contributed by atoms with Gasteiger partial charge in [0.05, 0.1) is 23.6 Å². The molecule has 0 radical (unpaired) electrons. The fraction of sp³-hybridized carbons (Fsp3) is 0.462. The largest absolute Gasteiger partial charge is 0.490 e. The van der Waals surface area contributed by atoms with Gasteiger partial charge in [-0.1, -0.05) is 4.85 Å². The Morgan fingerprint density at radius 3 is 2.57 bits per heavy atom. The first-order chi connectivity index (χ1) is 17.7. The molecule has 1 spiro atoms. The van der Waals surface area contributed by atoms with Gasteiger partial charge in [0.15, 0.2) is 5.11 Å². The summed E-state index contributed by atoms with van der Waals surface area (Å²) in [6.07, 6.45) is 1.55. The SMILES string of the molecule is C[N+]#Cc1ncc(N2C(=O)C3(CCC3)N(c3ccc(OC4CCCNCC4)cc3)C2=S)cc1C(F)(F)F. The van der Waals surface area contributed by atoms with Crippen LogP contribution in [0.2, 0.25) is 0 Å². The minimum Gasteiger partial charge on any atom is -0.490 e. The van der Waals surface area contributed by atoms with Crippen molar-refractivity contribution in [3.05, 3.63) is 52.6 Å². The maximum absolute atomic E-state index is 13.7. The van der Waals surface area contributed by atoms with Gasteiger partial charge in [0, 0.05) is 5.69 Å². The van der Waals surface area contributed by atoms with Gasteiger partial charge in [-0.2, -0.15) is 13.2 Å². The van der Waals surface area contributed by atoms with E-state index in [1.165, 1.54) is 18.1 Å².